The summed E-state index contributed by atoms with van der Waals surface area (Å²) in [7, 11) is 1.52. The lowest BCUT2D eigenvalue weighted by molar-refractivity contribution is 0.0957. The summed E-state index contributed by atoms with van der Waals surface area (Å²) in [5, 5.41) is 5.87. The van der Waals surface area contributed by atoms with Gasteiger partial charge >= 0.3 is 0 Å². The van der Waals surface area contributed by atoms with Gasteiger partial charge in [-0.25, -0.2) is 9.37 Å². The molecule has 2 N–H and O–H groups in total. The lowest BCUT2D eigenvalue weighted by Gasteiger charge is -2.13. The number of carbonyl (C=O) groups excluding carboxylic acids is 2. The van der Waals surface area contributed by atoms with Gasteiger partial charge in [0.2, 0.25) is 0 Å². The van der Waals surface area contributed by atoms with Crippen LogP contribution in [0.5, 0.6) is 11.5 Å². The van der Waals surface area contributed by atoms with Crippen molar-refractivity contribution in [2.75, 3.05) is 12.4 Å². The Labute approximate surface area is 221 Å². The molecule has 0 spiro atoms. The highest BCUT2D eigenvalue weighted by atomic mass is 19.1. The van der Waals surface area contributed by atoms with Gasteiger partial charge in [0.15, 0.2) is 0 Å². The molecule has 0 aliphatic heterocycles. The van der Waals surface area contributed by atoms with Gasteiger partial charge < -0.3 is 15.4 Å². The first-order chi connectivity index (χ1) is 18.8. The van der Waals surface area contributed by atoms with Gasteiger partial charge in [-0.05, 0) is 79.7 Å². The summed E-state index contributed by atoms with van der Waals surface area (Å²) in [5.41, 5.74) is 1.72. The van der Waals surface area contributed by atoms with Gasteiger partial charge in [0.1, 0.15) is 28.6 Å². The van der Waals surface area contributed by atoms with Crippen molar-refractivity contribution < 1.29 is 18.7 Å². The van der Waals surface area contributed by atoms with Crippen LogP contribution < -0.4 is 20.9 Å². The van der Waals surface area contributed by atoms with Crippen molar-refractivity contribution in [1.82, 2.24) is 19.9 Å². The molecule has 0 aliphatic rings. The largest absolute Gasteiger partial charge is 0.457 e. The number of anilines is 1. The van der Waals surface area contributed by atoms with Crippen LogP contribution >= 0.6 is 0 Å². The molecule has 3 heterocycles. The zero-order valence-electron chi connectivity index (χ0n) is 20.9. The van der Waals surface area contributed by atoms with Crippen LogP contribution in [0.1, 0.15) is 26.5 Å². The third-order valence-electron chi connectivity index (χ3n) is 5.99. The van der Waals surface area contributed by atoms with E-state index in [1.807, 2.05) is 0 Å². The molecular weight excluding hydrogens is 501 g/mol. The van der Waals surface area contributed by atoms with Crippen molar-refractivity contribution in [3.8, 4) is 17.2 Å². The third-order valence-corrected chi connectivity index (χ3v) is 5.99. The van der Waals surface area contributed by atoms with Gasteiger partial charge in [-0.15, -0.1) is 0 Å². The Hall–Kier alpha value is -5.38. The highest BCUT2D eigenvalue weighted by molar-refractivity contribution is 6.04. The number of nitrogens with zero attached hydrogens (tertiary/aromatic N) is 3. The van der Waals surface area contributed by atoms with Crippen molar-refractivity contribution in [2.24, 2.45) is 0 Å². The van der Waals surface area contributed by atoms with Gasteiger partial charge in [-0.3, -0.25) is 23.9 Å². The maximum Gasteiger partial charge on any atom is 0.269 e. The fourth-order valence-electron chi connectivity index (χ4n) is 4.01. The number of amides is 2. The Morgan fingerprint density at radius 1 is 0.923 bits per heavy atom. The van der Waals surface area contributed by atoms with Gasteiger partial charge in [-0.2, -0.15) is 0 Å². The summed E-state index contributed by atoms with van der Waals surface area (Å²) >= 11 is 0. The van der Waals surface area contributed by atoms with Crippen molar-refractivity contribution in [2.45, 2.75) is 6.92 Å². The second-order valence-electron chi connectivity index (χ2n) is 8.56. The minimum absolute atomic E-state index is 0.0611. The number of nitrogens with one attached hydrogen (secondary N) is 2. The lowest BCUT2D eigenvalue weighted by atomic mass is 10.2. The summed E-state index contributed by atoms with van der Waals surface area (Å²) in [6.45, 7) is 1.73. The van der Waals surface area contributed by atoms with E-state index in [4.69, 9.17) is 4.74 Å². The van der Waals surface area contributed by atoms with E-state index in [1.165, 1.54) is 48.1 Å². The number of benzene rings is 2. The van der Waals surface area contributed by atoms with E-state index in [0.29, 0.717) is 39.5 Å². The van der Waals surface area contributed by atoms with Gasteiger partial charge in [0.05, 0.1) is 11.7 Å². The second kappa shape index (κ2) is 10.5. The van der Waals surface area contributed by atoms with Crippen LogP contribution in [0.3, 0.4) is 0 Å². The SMILES string of the molecule is CNC(=O)c1cc2c(Oc3ccc(NC(=O)c4ccc(C)n(-c5ccc(F)cc5)c4=O)cc3)ccnc2cn1. The smallest absolute Gasteiger partial charge is 0.269 e. The average molecular weight is 524 g/mol. The molecule has 2 amide bonds. The molecule has 0 bridgehead atoms. The Kier molecular flexibility index (Phi) is 6.83. The van der Waals surface area contributed by atoms with E-state index < -0.39 is 17.3 Å². The number of hydrogen-bond acceptors (Lipinski definition) is 6. The minimum Gasteiger partial charge on any atom is -0.457 e. The monoisotopic (exact) mass is 523 g/mol. The van der Waals surface area contributed by atoms with Crippen LogP contribution in [0.2, 0.25) is 0 Å². The number of pyridine rings is 3. The number of rotatable bonds is 6. The number of fused-ring (bicyclic) bond motifs is 1. The second-order valence-corrected chi connectivity index (χ2v) is 8.56. The van der Waals surface area contributed by atoms with Crippen molar-refractivity contribution in [1.29, 1.82) is 0 Å². The number of hydrogen-bond donors (Lipinski definition) is 2. The Bertz CT molecular complexity index is 1770. The van der Waals surface area contributed by atoms with E-state index in [9.17, 15) is 18.8 Å². The zero-order chi connectivity index (χ0) is 27.5. The summed E-state index contributed by atoms with van der Waals surface area (Å²) in [4.78, 5) is 46.4. The van der Waals surface area contributed by atoms with Crippen molar-refractivity contribution >= 4 is 28.4 Å². The first-order valence-electron chi connectivity index (χ1n) is 11.9. The van der Waals surface area contributed by atoms with Crippen molar-refractivity contribution in [3.63, 3.8) is 0 Å². The van der Waals surface area contributed by atoms with Gasteiger partial charge in [0, 0.05) is 35.7 Å². The zero-order valence-corrected chi connectivity index (χ0v) is 20.9. The quantitative estimate of drug-likeness (QED) is 0.335. The summed E-state index contributed by atoms with van der Waals surface area (Å²) < 4.78 is 20.7. The lowest BCUT2D eigenvalue weighted by Crippen LogP contribution is -2.29. The van der Waals surface area contributed by atoms with Crippen LogP contribution in [0.15, 0.2) is 90.0 Å². The van der Waals surface area contributed by atoms with E-state index in [1.54, 1.807) is 55.6 Å². The maximum atomic E-state index is 13.4. The highest BCUT2D eigenvalue weighted by Crippen LogP contribution is 2.29. The molecule has 0 aliphatic carbocycles. The summed E-state index contributed by atoms with van der Waals surface area (Å²) in [6.07, 6.45) is 3.08. The molecule has 10 heteroatoms. The van der Waals surface area contributed by atoms with Crippen molar-refractivity contribution in [3.05, 3.63) is 118 Å². The molecule has 0 saturated heterocycles. The Morgan fingerprint density at radius 3 is 2.38 bits per heavy atom. The topological polar surface area (TPSA) is 115 Å². The summed E-state index contributed by atoms with van der Waals surface area (Å²) in [5.74, 6) is -0.379. The Morgan fingerprint density at radius 2 is 1.67 bits per heavy atom. The normalized spacial score (nSPS) is 10.7. The molecule has 39 heavy (non-hydrogen) atoms. The Balaban J connectivity index is 1.36. The molecular formula is C29H22FN5O4. The number of carbonyl (C=O) groups is 2. The molecule has 5 aromatic rings. The molecule has 5 rings (SSSR count). The molecule has 0 unspecified atom stereocenters. The number of aryl methyl sites for hydroxylation is 1. The predicted molar refractivity (Wildman–Crippen MR) is 144 cm³/mol. The number of ether oxygens (including phenoxy) is 1. The molecule has 194 valence electrons. The first kappa shape index (κ1) is 25.3. The van der Waals surface area contributed by atoms with E-state index in [0.717, 1.165) is 0 Å². The standard InChI is InChI=1S/C29H22FN5O4/c1-17-3-12-22(29(38)35(17)20-8-4-18(30)5-9-20)27(36)34-19-6-10-21(11-7-19)39-26-13-14-32-25-16-33-24(15-23(25)26)28(37)31-2/h3-16H,1-2H3,(H,31,37)(H,34,36). The molecule has 0 saturated carbocycles. The average Bonchev–Trinajstić information content (AvgIpc) is 2.94. The fraction of sp³-hybridized carbons (Fsp3) is 0.0690. The molecule has 0 atom stereocenters. The minimum atomic E-state index is -0.584. The van der Waals surface area contributed by atoms with Crippen LogP contribution in [0.25, 0.3) is 16.6 Å². The van der Waals surface area contributed by atoms with Gasteiger partial charge in [0.25, 0.3) is 17.4 Å². The maximum absolute atomic E-state index is 13.4. The van der Waals surface area contributed by atoms with Crippen LogP contribution in [0, 0.1) is 12.7 Å². The van der Waals surface area contributed by atoms with E-state index in [-0.39, 0.29) is 17.2 Å². The molecule has 9 nitrogen and oxygen atoms in total. The number of halogens is 1. The summed E-state index contributed by atoms with van der Waals surface area (Å²) in [6, 6.07) is 18.5. The van der Waals surface area contributed by atoms with Crippen LogP contribution in [0.4, 0.5) is 10.1 Å². The third kappa shape index (κ3) is 5.21. The predicted octanol–water partition coefficient (Wildman–Crippen LogP) is 4.63. The van der Waals surface area contributed by atoms with Crippen LogP contribution in [-0.2, 0) is 0 Å². The van der Waals surface area contributed by atoms with Gasteiger partial charge in [-0.1, -0.05) is 0 Å². The first-order valence-corrected chi connectivity index (χ1v) is 11.9. The molecule has 0 fully saturated rings. The molecule has 2 aromatic carbocycles. The van der Waals surface area contributed by atoms with Crippen LogP contribution in [-0.4, -0.2) is 33.4 Å². The molecule has 0 radical (unpaired) electrons. The highest BCUT2D eigenvalue weighted by Gasteiger charge is 2.16. The number of aromatic nitrogens is 3. The van der Waals surface area contributed by atoms with E-state index >= 15 is 0 Å². The van der Waals surface area contributed by atoms with E-state index in [2.05, 4.69) is 20.6 Å². The molecule has 3 aromatic heterocycles. The fourth-order valence-corrected chi connectivity index (χ4v) is 4.01.